The zero-order chi connectivity index (χ0) is 17.1. The van der Waals surface area contributed by atoms with E-state index in [4.69, 9.17) is 10.5 Å². The summed E-state index contributed by atoms with van der Waals surface area (Å²) >= 11 is 0. The van der Waals surface area contributed by atoms with Crippen LogP contribution in [0.4, 0.5) is 11.4 Å². The van der Waals surface area contributed by atoms with E-state index in [1.165, 1.54) is 0 Å². The molecule has 3 aromatic rings. The molecule has 24 heavy (non-hydrogen) atoms. The van der Waals surface area contributed by atoms with Gasteiger partial charge in [0, 0.05) is 28.0 Å². The van der Waals surface area contributed by atoms with Gasteiger partial charge < -0.3 is 15.8 Å². The summed E-state index contributed by atoms with van der Waals surface area (Å²) in [5.74, 6) is 0.590. The molecule has 0 aliphatic carbocycles. The molecule has 0 radical (unpaired) electrons. The van der Waals surface area contributed by atoms with Gasteiger partial charge in [0.2, 0.25) is 5.91 Å². The van der Waals surface area contributed by atoms with E-state index in [9.17, 15) is 4.79 Å². The Morgan fingerprint density at radius 3 is 2.79 bits per heavy atom. The first kappa shape index (κ1) is 15.8. The van der Waals surface area contributed by atoms with Crippen LogP contribution in [0.25, 0.3) is 10.9 Å². The van der Waals surface area contributed by atoms with Crippen LogP contribution < -0.4 is 15.8 Å². The van der Waals surface area contributed by atoms with Crippen molar-refractivity contribution < 1.29 is 9.53 Å². The molecule has 1 heterocycles. The van der Waals surface area contributed by atoms with Crippen molar-refractivity contribution in [2.75, 3.05) is 18.2 Å². The number of carbonyl (C=O) groups excluding carboxylic acids is 1. The molecule has 0 atom stereocenters. The highest BCUT2D eigenvalue weighted by molar-refractivity contribution is 5.97. The van der Waals surface area contributed by atoms with Crippen molar-refractivity contribution in [3.05, 3.63) is 59.8 Å². The van der Waals surface area contributed by atoms with Crippen molar-refractivity contribution in [1.82, 2.24) is 4.98 Å². The van der Waals surface area contributed by atoms with E-state index in [-0.39, 0.29) is 12.3 Å². The number of aryl methyl sites for hydroxylation is 1. The van der Waals surface area contributed by atoms with Gasteiger partial charge in [0.15, 0.2) is 0 Å². The first-order chi connectivity index (χ1) is 11.6. The Hall–Kier alpha value is -3.08. The zero-order valence-corrected chi connectivity index (χ0v) is 13.7. The minimum atomic E-state index is -0.113. The zero-order valence-electron chi connectivity index (χ0n) is 13.7. The summed E-state index contributed by atoms with van der Waals surface area (Å²) in [6, 6.07) is 14.8. The summed E-state index contributed by atoms with van der Waals surface area (Å²) in [7, 11) is 1.60. The molecule has 0 unspecified atom stereocenters. The number of hydrogen-bond acceptors (Lipinski definition) is 4. The summed E-state index contributed by atoms with van der Waals surface area (Å²) in [5, 5.41) is 3.73. The summed E-state index contributed by atoms with van der Waals surface area (Å²) in [6.07, 6.45) is 0.240. The monoisotopic (exact) mass is 321 g/mol. The van der Waals surface area contributed by atoms with Gasteiger partial charge in [-0.2, -0.15) is 0 Å². The fraction of sp³-hybridized carbons (Fsp3) is 0.158. The minimum absolute atomic E-state index is 0.113. The van der Waals surface area contributed by atoms with E-state index in [0.717, 1.165) is 22.2 Å². The molecule has 0 saturated carbocycles. The maximum absolute atomic E-state index is 12.3. The van der Waals surface area contributed by atoms with Gasteiger partial charge in [0.25, 0.3) is 0 Å². The highest BCUT2D eigenvalue weighted by Crippen LogP contribution is 2.24. The number of ether oxygens (including phenoxy) is 1. The molecule has 0 aliphatic rings. The van der Waals surface area contributed by atoms with E-state index in [0.29, 0.717) is 17.1 Å². The average Bonchev–Trinajstić information content (AvgIpc) is 2.56. The Bertz CT molecular complexity index is 906. The number of benzene rings is 2. The number of aromatic nitrogens is 1. The number of hydrogen-bond donors (Lipinski definition) is 2. The third-order valence-electron chi connectivity index (χ3n) is 3.80. The SMILES string of the molecule is COc1ccccc1CC(=O)Nc1ccc2nc(C)cc(N)c2c1. The van der Waals surface area contributed by atoms with E-state index in [1.54, 1.807) is 7.11 Å². The number of pyridine rings is 1. The number of anilines is 2. The van der Waals surface area contributed by atoms with Crippen LogP contribution in [0.1, 0.15) is 11.3 Å². The Morgan fingerprint density at radius 2 is 2.00 bits per heavy atom. The van der Waals surface area contributed by atoms with E-state index in [1.807, 2.05) is 55.5 Å². The molecule has 1 aromatic heterocycles. The quantitative estimate of drug-likeness (QED) is 0.773. The molecule has 0 bridgehead atoms. The molecule has 1 amide bonds. The van der Waals surface area contributed by atoms with Gasteiger partial charge in [-0.1, -0.05) is 18.2 Å². The van der Waals surface area contributed by atoms with E-state index < -0.39 is 0 Å². The topological polar surface area (TPSA) is 77.2 Å². The van der Waals surface area contributed by atoms with E-state index >= 15 is 0 Å². The van der Waals surface area contributed by atoms with Crippen LogP contribution in [0.5, 0.6) is 5.75 Å². The number of nitrogens with one attached hydrogen (secondary N) is 1. The number of nitrogens with two attached hydrogens (primary N) is 1. The molecular formula is C19H19N3O2. The second-order valence-electron chi connectivity index (χ2n) is 5.62. The maximum atomic E-state index is 12.3. The van der Waals surface area contributed by atoms with Crippen LogP contribution >= 0.6 is 0 Å². The van der Waals surface area contributed by atoms with Crippen molar-refractivity contribution in [3.63, 3.8) is 0 Å². The minimum Gasteiger partial charge on any atom is -0.496 e. The van der Waals surface area contributed by atoms with Gasteiger partial charge in [-0.25, -0.2) is 0 Å². The van der Waals surface area contributed by atoms with Gasteiger partial charge in [-0.3, -0.25) is 9.78 Å². The second-order valence-corrected chi connectivity index (χ2v) is 5.62. The first-order valence-electron chi connectivity index (χ1n) is 7.65. The second kappa shape index (κ2) is 6.58. The van der Waals surface area contributed by atoms with Gasteiger partial charge in [-0.05, 0) is 37.3 Å². The molecule has 0 spiro atoms. The third kappa shape index (κ3) is 3.30. The van der Waals surface area contributed by atoms with Crippen molar-refractivity contribution in [3.8, 4) is 5.75 Å². The lowest BCUT2D eigenvalue weighted by molar-refractivity contribution is -0.115. The van der Waals surface area contributed by atoms with Crippen LogP contribution in [0.3, 0.4) is 0 Å². The molecule has 2 aromatic carbocycles. The number of amides is 1. The normalized spacial score (nSPS) is 10.6. The highest BCUT2D eigenvalue weighted by Gasteiger charge is 2.09. The fourth-order valence-electron chi connectivity index (χ4n) is 2.69. The predicted molar refractivity (Wildman–Crippen MR) is 96.2 cm³/mol. The molecule has 0 fully saturated rings. The number of nitrogens with zero attached hydrogens (tertiary/aromatic N) is 1. The van der Waals surface area contributed by atoms with Gasteiger partial charge in [-0.15, -0.1) is 0 Å². The maximum Gasteiger partial charge on any atom is 0.228 e. The molecule has 122 valence electrons. The number of methoxy groups -OCH3 is 1. The smallest absolute Gasteiger partial charge is 0.228 e. The third-order valence-corrected chi connectivity index (χ3v) is 3.80. The van der Waals surface area contributed by atoms with Gasteiger partial charge in [0.1, 0.15) is 5.75 Å². The standard InChI is InChI=1S/C19H19N3O2/c1-12-9-16(20)15-11-14(7-8-17(15)21-12)22-19(23)10-13-5-3-4-6-18(13)24-2/h3-9,11H,10H2,1-2H3,(H2,20,21)(H,22,23). The van der Waals surface area contributed by atoms with Crippen molar-refractivity contribution in [2.45, 2.75) is 13.3 Å². The van der Waals surface area contributed by atoms with Crippen LogP contribution in [-0.2, 0) is 11.2 Å². The van der Waals surface area contributed by atoms with Crippen LogP contribution in [-0.4, -0.2) is 18.0 Å². The van der Waals surface area contributed by atoms with Crippen molar-refractivity contribution >= 4 is 28.2 Å². The summed E-state index contributed by atoms with van der Waals surface area (Å²) < 4.78 is 5.28. The largest absolute Gasteiger partial charge is 0.496 e. The molecule has 0 aliphatic heterocycles. The Kier molecular flexibility index (Phi) is 4.33. The fourth-order valence-corrected chi connectivity index (χ4v) is 2.69. The number of para-hydroxylation sites is 1. The molecular weight excluding hydrogens is 302 g/mol. The summed E-state index contributed by atoms with van der Waals surface area (Å²) in [5.41, 5.74) is 9.92. The summed E-state index contributed by atoms with van der Waals surface area (Å²) in [6.45, 7) is 1.90. The lowest BCUT2D eigenvalue weighted by atomic mass is 10.1. The van der Waals surface area contributed by atoms with Gasteiger partial charge in [0.05, 0.1) is 19.0 Å². The average molecular weight is 321 g/mol. The van der Waals surface area contributed by atoms with Crippen molar-refractivity contribution in [2.24, 2.45) is 0 Å². The molecule has 3 rings (SSSR count). The van der Waals surface area contributed by atoms with Crippen LogP contribution in [0, 0.1) is 6.92 Å². The Labute approximate surface area is 140 Å². The molecule has 5 heteroatoms. The van der Waals surface area contributed by atoms with Crippen LogP contribution in [0.15, 0.2) is 48.5 Å². The van der Waals surface area contributed by atoms with Crippen LogP contribution in [0.2, 0.25) is 0 Å². The molecule has 5 nitrogen and oxygen atoms in total. The number of carbonyl (C=O) groups is 1. The first-order valence-corrected chi connectivity index (χ1v) is 7.65. The Morgan fingerprint density at radius 1 is 1.21 bits per heavy atom. The number of fused-ring (bicyclic) bond motifs is 1. The molecule has 0 saturated heterocycles. The van der Waals surface area contributed by atoms with E-state index in [2.05, 4.69) is 10.3 Å². The highest BCUT2D eigenvalue weighted by atomic mass is 16.5. The lowest BCUT2D eigenvalue weighted by Crippen LogP contribution is -2.15. The number of nitrogen functional groups attached to an aromatic ring is 1. The lowest BCUT2D eigenvalue weighted by Gasteiger charge is -2.10. The van der Waals surface area contributed by atoms with Gasteiger partial charge >= 0.3 is 0 Å². The Balaban J connectivity index is 1.80. The predicted octanol–water partition coefficient (Wildman–Crippen LogP) is 3.32. The molecule has 3 N–H and O–H groups in total. The van der Waals surface area contributed by atoms with Crippen molar-refractivity contribution in [1.29, 1.82) is 0 Å². The summed E-state index contributed by atoms with van der Waals surface area (Å²) in [4.78, 5) is 16.7. The number of rotatable bonds is 4.